The van der Waals surface area contributed by atoms with E-state index in [1.165, 1.54) is 0 Å². The van der Waals surface area contributed by atoms with Crippen molar-refractivity contribution in [3.05, 3.63) is 51.7 Å². The summed E-state index contributed by atoms with van der Waals surface area (Å²) in [6, 6.07) is 9.17. The van der Waals surface area contributed by atoms with Gasteiger partial charge in [0.05, 0.1) is 12.2 Å². The second-order valence-corrected chi connectivity index (χ2v) is 5.67. The van der Waals surface area contributed by atoms with Crippen molar-refractivity contribution in [1.29, 1.82) is 0 Å². The molecule has 1 aromatic carbocycles. The maximum absolute atomic E-state index is 12.1. The fraction of sp³-hybridized carbons (Fsp3) is 0.143. The van der Waals surface area contributed by atoms with E-state index in [1.54, 1.807) is 17.2 Å². The third-order valence-corrected chi connectivity index (χ3v) is 3.71. The van der Waals surface area contributed by atoms with Crippen LogP contribution in [0.15, 0.2) is 41.0 Å². The van der Waals surface area contributed by atoms with Crippen molar-refractivity contribution in [2.45, 2.75) is 6.54 Å². The predicted octanol–water partition coefficient (Wildman–Crippen LogP) is 3.42. The molecule has 102 valence electrons. The second-order valence-electron chi connectivity index (χ2n) is 4.37. The van der Waals surface area contributed by atoms with Crippen LogP contribution in [0.1, 0.15) is 5.56 Å². The zero-order valence-corrected chi connectivity index (χ0v) is 12.7. The summed E-state index contributed by atoms with van der Waals surface area (Å²) >= 11 is 9.18. The van der Waals surface area contributed by atoms with E-state index in [1.807, 2.05) is 24.3 Å². The minimum atomic E-state index is -0.0782. The lowest BCUT2D eigenvalue weighted by Gasteiger charge is -2.29. The summed E-state index contributed by atoms with van der Waals surface area (Å²) in [5.74, 6) is 0.625. The van der Waals surface area contributed by atoms with Crippen molar-refractivity contribution in [1.82, 2.24) is 4.98 Å². The SMILES string of the molecule is O=C1COc2ccc(Br)cc2N1Cc1ccc(Cl)nc1. The number of ether oxygens (including phenoxy) is 1. The fourth-order valence-corrected chi connectivity index (χ4v) is 2.49. The molecule has 4 nitrogen and oxygen atoms in total. The standard InChI is InChI=1S/C14H10BrClN2O2/c15-10-2-3-12-11(5-10)18(14(19)8-20-12)7-9-1-4-13(16)17-6-9/h1-6H,7-8H2. The molecule has 1 aliphatic heterocycles. The molecule has 0 unspecified atom stereocenters. The molecule has 0 spiro atoms. The number of halogens is 2. The third kappa shape index (κ3) is 2.64. The smallest absolute Gasteiger partial charge is 0.265 e. The topological polar surface area (TPSA) is 42.4 Å². The number of amides is 1. The largest absolute Gasteiger partial charge is 0.482 e. The molecule has 0 N–H and O–H groups in total. The summed E-state index contributed by atoms with van der Waals surface area (Å²) in [5, 5.41) is 0.435. The normalized spacial score (nSPS) is 13.9. The molecule has 0 radical (unpaired) electrons. The van der Waals surface area contributed by atoms with Crippen LogP contribution in [-0.4, -0.2) is 17.5 Å². The second kappa shape index (κ2) is 5.42. The summed E-state index contributed by atoms with van der Waals surface area (Å²) in [6.07, 6.45) is 1.67. The zero-order valence-electron chi connectivity index (χ0n) is 10.3. The molecule has 2 heterocycles. The minimum Gasteiger partial charge on any atom is -0.482 e. The number of benzene rings is 1. The minimum absolute atomic E-state index is 0.0512. The summed E-state index contributed by atoms with van der Waals surface area (Å²) in [4.78, 5) is 17.8. The average Bonchev–Trinajstić information content (AvgIpc) is 2.44. The highest BCUT2D eigenvalue weighted by Gasteiger charge is 2.25. The highest BCUT2D eigenvalue weighted by Crippen LogP contribution is 2.35. The predicted molar refractivity (Wildman–Crippen MR) is 80.1 cm³/mol. The number of hydrogen-bond donors (Lipinski definition) is 0. The lowest BCUT2D eigenvalue weighted by molar-refractivity contribution is -0.121. The van der Waals surface area contributed by atoms with Gasteiger partial charge in [-0.15, -0.1) is 0 Å². The number of nitrogens with zero attached hydrogens (tertiary/aromatic N) is 2. The Morgan fingerprint density at radius 1 is 1.35 bits per heavy atom. The van der Waals surface area contributed by atoms with Gasteiger partial charge in [-0.05, 0) is 29.8 Å². The van der Waals surface area contributed by atoms with Gasteiger partial charge in [0.1, 0.15) is 10.9 Å². The first-order chi connectivity index (χ1) is 9.63. The number of pyridine rings is 1. The van der Waals surface area contributed by atoms with Gasteiger partial charge < -0.3 is 9.64 Å². The van der Waals surface area contributed by atoms with Gasteiger partial charge in [0.15, 0.2) is 6.61 Å². The maximum atomic E-state index is 12.1. The van der Waals surface area contributed by atoms with Crippen molar-refractivity contribution < 1.29 is 9.53 Å². The van der Waals surface area contributed by atoms with Crippen LogP contribution in [0.2, 0.25) is 5.15 Å². The number of aromatic nitrogens is 1. The zero-order chi connectivity index (χ0) is 14.1. The third-order valence-electron chi connectivity index (χ3n) is 2.99. The monoisotopic (exact) mass is 352 g/mol. The molecule has 0 saturated heterocycles. The van der Waals surface area contributed by atoms with E-state index in [9.17, 15) is 4.79 Å². The van der Waals surface area contributed by atoms with Crippen molar-refractivity contribution in [3.8, 4) is 5.75 Å². The Balaban J connectivity index is 1.94. The Kier molecular flexibility index (Phi) is 3.63. The van der Waals surface area contributed by atoms with Crippen molar-refractivity contribution >= 4 is 39.1 Å². The highest BCUT2D eigenvalue weighted by atomic mass is 79.9. The van der Waals surface area contributed by atoms with Crippen LogP contribution in [-0.2, 0) is 11.3 Å². The van der Waals surface area contributed by atoms with Gasteiger partial charge in [-0.1, -0.05) is 33.6 Å². The molecular formula is C14H10BrClN2O2. The van der Waals surface area contributed by atoms with E-state index in [4.69, 9.17) is 16.3 Å². The van der Waals surface area contributed by atoms with E-state index in [2.05, 4.69) is 20.9 Å². The lowest BCUT2D eigenvalue weighted by atomic mass is 10.2. The number of carbonyl (C=O) groups excluding carboxylic acids is 1. The molecule has 1 aromatic heterocycles. The number of carbonyl (C=O) groups is 1. The maximum Gasteiger partial charge on any atom is 0.265 e. The average molecular weight is 354 g/mol. The van der Waals surface area contributed by atoms with Crippen LogP contribution >= 0.6 is 27.5 Å². The van der Waals surface area contributed by atoms with Gasteiger partial charge in [0.2, 0.25) is 0 Å². The van der Waals surface area contributed by atoms with Crippen molar-refractivity contribution in [2.24, 2.45) is 0 Å². The van der Waals surface area contributed by atoms with Gasteiger partial charge in [0.25, 0.3) is 5.91 Å². The van der Waals surface area contributed by atoms with Gasteiger partial charge >= 0.3 is 0 Å². The van der Waals surface area contributed by atoms with E-state index < -0.39 is 0 Å². The van der Waals surface area contributed by atoms with Gasteiger partial charge in [-0.25, -0.2) is 4.98 Å². The molecule has 0 saturated carbocycles. The lowest BCUT2D eigenvalue weighted by Crippen LogP contribution is -2.38. The number of anilines is 1. The van der Waals surface area contributed by atoms with Crippen LogP contribution in [0.4, 0.5) is 5.69 Å². The Morgan fingerprint density at radius 3 is 2.95 bits per heavy atom. The molecular weight excluding hydrogens is 344 g/mol. The van der Waals surface area contributed by atoms with Crippen LogP contribution in [0.25, 0.3) is 0 Å². The fourth-order valence-electron chi connectivity index (χ4n) is 2.03. The van der Waals surface area contributed by atoms with E-state index in [0.717, 1.165) is 15.7 Å². The Hall–Kier alpha value is -1.59. The summed E-state index contributed by atoms with van der Waals surface area (Å²) < 4.78 is 6.33. The Labute approximate surface area is 129 Å². The van der Waals surface area contributed by atoms with E-state index in [0.29, 0.717) is 17.4 Å². The summed E-state index contributed by atoms with van der Waals surface area (Å²) in [7, 11) is 0. The van der Waals surface area contributed by atoms with Crippen LogP contribution in [0, 0.1) is 0 Å². The van der Waals surface area contributed by atoms with Crippen LogP contribution < -0.4 is 9.64 Å². The molecule has 2 aromatic rings. The summed E-state index contributed by atoms with van der Waals surface area (Å²) in [5.41, 5.74) is 1.67. The molecule has 20 heavy (non-hydrogen) atoms. The molecule has 1 aliphatic rings. The molecule has 3 rings (SSSR count). The first-order valence-corrected chi connectivity index (χ1v) is 7.14. The van der Waals surface area contributed by atoms with Gasteiger partial charge in [0, 0.05) is 10.7 Å². The van der Waals surface area contributed by atoms with Gasteiger partial charge in [-0.3, -0.25) is 4.79 Å². The molecule has 0 bridgehead atoms. The van der Waals surface area contributed by atoms with E-state index in [-0.39, 0.29) is 12.5 Å². The van der Waals surface area contributed by atoms with Crippen LogP contribution in [0.3, 0.4) is 0 Å². The quantitative estimate of drug-likeness (QED) is 0.777. The summed E-state index contributed by atoms with van der Waals surface area (Å²) in [6.45, 7) is 0.492. The first kappa shape index (κ1) is 13.4. The molecule has 1 amide bonds. The molecule has 6 heteroatoms. The Morgan fingerprint density at radius 2 is 2.20 bits per heavy atom. The Bertz CT molecular complexity index is 661. The molecule has 0 fully saturated rings. The molecule has 0 aliphatic carbocycles. The number of hydrogen-bond acceptors (Lipinski definition) is 3. The number of rotatable bonds is 2. The van der Waals surface area contributed by atoms with Crippen LogP contribution in [0.5, 0.6) is 5.75 Å². The highest BCUT2D eigenvalue weighted by molar-refractivity contribution is 9.10. The molecule has 0 atom stereocenters. The van der Waals surface area contributed by atoms with E-state index >= 15 is 0 Å². The van der Waals surface area contributed by atoms with Crippen molar-refractivity contribution in [3.63, 3.8) is 0 Å². The first-order valence-electron chi connectivity index (χ1n) is 5.96. The number of fused-ring (bicyclic) bond motifs is 1. The van der Waals surface area contributed by atoms with Gasteiger partial charge in [-0.2, -0.15) is 0 Å². The van der Waals surface area contributed by atoms with Crippen molar-refractivity contribution in [2.75, 3.05) is 11.5 Å².